The van der Waals surface area contributed by atoms with Gasteiger partial charge in [0, 0.05) is 0 Å². The molecule has 0 spiro atoms. The van der Waals surface area contributed by atoms with Crippen LogP contribution in [-0.2, 0) is 6.61 Å². The molecule has 0 radical (unpaired) electrons. The van der Waals surface area contributed by atoms with Crippen molar-refractivity contribution in [3.63, 3.8) is 0 Å². The Labute approximate surface area is 156 Å². The minimum Gasteiger partial charge on any atom is -0.392 e. The molecule has 2 N–H and O–H groups in total. The molecule has 2 heteroatoms. The largest absolute Gasteiger partial charge is 0.392 e. The van der Waals surface area contributed by atoms with E-state index in [0.29, 0.717) is 11.8 Å². The molecule has 26 heavy (non-hydrogen) atoms. The number of aliphatic hydroxyl groups excluding tert-OH is 2. The predicted octanol–water partition coefficient (Wildman–Crippen LogP) is 5.66. The monoisotopic (exact) mass is 348 g/mol. The molecule has 3 aromatic carbocycles. The maximum absolute atomic E-state index is 11.1. The first-order valence-electron chi connectivity index (χ1n) is 9.36. The Morgan fingerprint density at radius 2 is 1.35 bits per heavy atom. The Hall–Kier alpha value is -2.16. The van der Waals surface area contributed by atoms with Crippen molar-refractivity contribution in [2.75, 3.05) is 0 Å². The third-order valence-electron chi connectivity index (χ3n) is 5.12. The lowest BCUT2D eigenvalue weighted by Gasteiger charge is -2.21. The van der Waals surface area contributed by atoms with Crippen molar-refractivity contribution in [3.8, 4) is 0 Å². The second-order valence-corrected chi connectivity index (χ2v) is 7.70. The van der Waals surface area contributed by atoms with Crippen molar-refractivity contribution in [2.24, 2.45) is 0 Å². The van der Waals surface area contributed by atoms with Gasteiger partial charge in [0.05, 0.1) is 6.61 Å². The third kappa shape index (κ3) is 3.67. The van der Waals surface area contributed by atoms with Crippen LogP contribution < -0.4 is 0 Å². The maximum atomic E-state index is 11.1. The Morgan fingerprint density at radius 3 is 2.00 bits per heavy atom. The van der Waals surface area contributed by atoms with Crippen LogP contribution in [0.4, 0.5) is 0 Å². The summed E-state index contributed by atoms with van der Waals surface area (Å²) in [6.45, 7) is 8.78. The second kappa shape index (κ2) is 7.61. The molecule has 0 aliphatic carbocycles. The van der Waals surface area contributed by atoms with Gasteiger partial charge in [-0.2, -0.15) is 0 Å². The molecule has 1 unspecified atom stereocenters. The van der Waals surface area contributed by atoms with Crippen molar-refractivity contribution >= 4 is 10.8 Å². The van der Waals surface area contributed by atoms with Crippen LogP contribution in [0.25, 0.3) is 10.8 Å². The fourth-order valence-electron chi connectivity index (χ4n) is 3.46. The highest BCUT2D eigenvalue weighted by Crippen LogP contribution is 2.33. The van der Waals surface area contributed by atoms with Gasteiger partial charge in [0.2, 0.25) is 0 Å². The molecule has 0 saturated carbocycles. The quantitative estimate of drug-likeness (QED) is 0.624. The van der Waals surface area contributed by atoms with Gasteiger partial charge in [0.25, 0.3) is 0 Å². The predicted molar refractivity (Wildman–Crippen MR) is 109 cm³/mol. The van der Waals surface area contributed by atoms with Crippen LogP contribution in [0.2, 0.25) is 0 Å². The van der Waals surface area contributed by atoms with Gasteiger partial charge in [-0.15, -0.1) is 0 Å². The highest BCUT2D eigenvalue weighted by Gasteiger charge is 2.18. The number of aliphatic hydroxyl groups is 2. The molecule has 0 amide bonds. The number of benzene rings is 3. The van der Waals surface area contributed by atoms with E-state index in [4.69, 9.17) is 0 Å². The zero-order valence-corrected chi connectivity index (χ0v) is 16.0. The molecule has 136 valence electrons. The van der Waals surface area contributed by atoms with E-state index in [0.717, 1.165) is 27.5 Å². The van der Waals surface area contributed by atoms with Crippen LogP contribution in [0.15, 0.2) is 54.6 Å². The zero-order valence-electron chi connectivity index (χ0n) is 16.0. The van der Waals surface area contributed by atoms with E-state index in [9.17, 15) is 10.2 Å². The van der Waals surface area contributed by atoms with E-state index in [-0.39, 0.29) is 6.61 Å². The summed E-state index contributed by atoms with van der Waals surface area (Å²) in [5.41, 5.74) is 5.29. The highest BCUT2D eigenvalue weighted by atomic mass is 16.3. The van der Waals surface area contributed by atoms with Crippen LogP contribution in [0.1, 0.15) is 73.5 Å². The smallest absolute Gasteiger partial charge is 0.104 e. The number of rotatable bonds is 5. The van der Waals surface area contributed by atoms with Crippen molar-refractivity contribution in [1.82, 2.24) is 0 Å². The van der Waals surface area contributed by atoms with Gasteiger partial charge >= 0.3 is 0 Å². The molecule has 1 atom stereocenters. The molecule has 2 nitrogen and oxygen atoms in total. The third-order valence-corrected chi connectivity index (χ3v) is 5.12. The van der Waals surface area contributed by atoms with E-state index < -0.39 is 6.10 Å². The molecule has 0 aliphatic heterocycles. The van der Waals surface area contributed by atoms with E-state index in [1.807, 2.05) is 36.4 Å². The first-order valence-corrected chi connectivity index (χ1v) is 9.36. The number of fused-ring (bicyclic) bond motifs is 1. The van der Waals surface area contributed by atoms with E-state index in [1.165, 1.54) is 11.1 Å². The Morgan fingerprint density at radius 1 is 0.692 bits per heavy atom. The summed E-state index contributed by atoms with van der Waals surface area (Å²) in [7, 11) is 0. The number of hydrogen-bond acceptors (Lipinski definition) is 2. The van der Waals surface area contributed by atoms with Gasteiger partial charge < -0.3 is 10.2 Å². The highest BCUT2D eigenvalue weighted by molar-refractivity contribution is 5.84. The van der Waals surface area contributed by atoms with Crippen molar-refractivity contribution in [2.45, 2.75) is 52.2 Å². The molecule has 0 bridgehead atoms. The van der Waals surface area contributed by atoms with E-state index in [2.05, 4.69) is 45.9 Å². The van der Waals surface area contributed by atoms with E-state index >= 15 is 0 Å². The van der Waals surface area contributed by atoms with Crippen LogP contribution in [0, 0.1) is 0 Å². The molecular weight excluding hydrogens is 320 g/mol. The lowest BCUT2D eigenvalue weighted by molar-refractivity contribution is 0.219. The lowest BCUT2D eigenvalue weighted by Crippen LogP contribution is -2.06. The molecule has 0 saturated heterocycles. The van der Waals surface area contributed by atoms with Crippen LogP contribution in [0.3, 0.4) is 0 Å². The van der Waals surface area contributed by atoms with Crippen LogP contribution in [0.5, 0.6) is 0 Å². The van der Waals surface area contributed by atoms with Crippen LogP contribution >= 0.6 is 0 Å². The van der Waals surface area contributed by atoms with Gasteiger partial charge in [0.1, 0.15) is 6.10 Å². The van der Waals surface area contributed by atoms with Crippen molar-refractivity contribution < 1.29 is 10.2 Å². The summed E-state index contributed by atoms with van der Waals surface area (Å²) < 4.78 is 0. The summed E-state index contributed by atoms with van der Waals surface area (Å²) in [6.07, 6.45) is -0.643. The molecular formula is C24H28O2. The minimum atomic E-state index is -0.643. The Balaban J connectivity index is 2.03. The topological polar surface area (TPSA) is 40.5 Å². The summed E-state index contributed by atoms with van der Waals surface area (Å²) >= 11 is 0. The molecule has 0 heterocycles. The standard InChI is InChI=1S/C24H28O2/c1-15(2)18-9-10-22(23(13-18)16(3)4)24(26)21-8-7-19-11-17(14-25)5-6-20(19)12-21/h5-13,15-16,24-26H,14H2,1-4H3. The van der Waals surface area contributed by atoms with Crippen LogP contribution in [-0.4, -0.2) is 10.2 Å². The summed E-state index contributed by atoms with van der Waals surface area (Å²) in [6, 6.07) is 18.4. The molecule has 0 aliphatic rings. The molecule has 3 aromatic rings. The minimum absolute atomic E-state index is 0.0419. The SMILES string of the molecule is CC(C)c1ccc(C(O)c2ccc3cc(CO)ccc3c2)c(C(C)C)c1. The fraction of sp³-hybridized carbons (Fsp3) is 0.333. The first kappa shape index (κ1) is 18.6. The van der Waals surface area contributed by atoms with Crippen molar-refractivity contribution in [1.29, 1.82) is 0 Å². The first-order chi connectivity index (χ1) is 12.4. The lowest BCUT2D eigenvalue weighted by atomic mass is 9.87. The zero-order chi connectivity index (χ0) is 18.8. The summed E-state index contributed by atoms with van der Waals surface area (Å²) in [4.78, 5) is 0. The fourth-order valence-corrected chi connectivity index (χ4v) is 3.46. The maximum Gasteiger partial charge on any atom is 0.104 e. The summed E-state index contributed by atoms with van der Waals surface area (Å²) in [5, 5.41) is 22.5. The normalized spacial score (nSPS) is 12.9. The van der Waals surface area contributed by atoms with Gasteiger partial charge in [-0.25, -0.2) is 0 Å². The van der Waals surface area contributed by atoms with E-state index in [1.54, 1.807) is 0 Å². The average Bonchev–Trinajstić information content (AvgIpc) is 2.65. The summed E-state index contributed by atoms with van der Waals surface area (Å²) in [5.74, 6) is 0.825. The van der Waals surface area contributed by atoms with Gasteiger partial charge in [-0.3, -0.25) is 0 Å². The van der Waals surface area contributed by atoms with Gasteiger partial charge in [-0.05, 0) is 62.6 Å². The van der Waals surface area contributed by atoms with Crippen molar-refractivity contribution in [3.05, 3.63) is 82.4 Å². The average molecular weight is 348 g/mol. The van der Waals surface area contributed by atoms with Gasteiger partial charge in [-0.1, -0.05) is 70.2 Å². The molecule has 0 aromatic heterocycles. The molecule has 0 fully saturated rings. The Kier molecular flexibility index (Phi) is 5.45. The molecule has 3 rings (SSSR count). The van der Waals surface area contributed by atoms with Gasteiger partial charge in [0.15, 0.2) is 0 Å². The Bertz CT molecular complexity index is 909. The second-order valence-electron chi connectivity index (χ2n) is 7.70. The number of hydrogen-bond donors (Lipinski definition) is 2.